The Balaban J connectivity index is 1.54. The summed E-state index contributed by atoms with van der Waals surface area (Å²) in [6, 6.07) is 6.41. The smallest absolute Gasteiger partial charge is 0.257 e. The van der Waals surface area contributed by atoms with Gasteiger partial charge in [-0.2, -0.15) is 4.98 Å². The van der Waals surface area contributed by atoms with Gasteiger partial charge >= 0.3 is 0 Å². The molecule has 110 valence electrons. The Labute approximate surface area is 123 Å². The molecular formula is C16H19N3O2. The highest BCUT2D eigenvalue weighted by Gasteiger charge is 2.20. The van der Waals surface area contributed by atoms with Crippen molar-refractivity contribution in [2.75, 3.05) is 13.2 Å². The van der Waals surface area contributed by atoms with Crippen LogP contribution in [0.3, 0.4) is 0 Å². The first-order valence-corrected chi connectivity index (χ1v) is 7.65. The Morgan fingerprint density at radius 3 is 3.19 bits per heavy atom. The van der Waals surface area contributed by atoms with Gasteiger partial charge in [-0.3, -0.25) is 0 Å². The van der Waals surface area contributed by atoms with Crippen LogP contribution in [0.4, 0.5) is 0 Å². The zero-order valence-electron chi connectivity index (χ0n) is 12.0. The molecule has 0 amide bonds. The monoisotopic (exact) mass is 285 g/mol. The number of fused-ring (bicyclic) bond motifs is 1. The molecule has 1 N–H and O–H groups in total. The van der Waals surface area contributed by atoms with E-state index in [1.54, 1.807) is 0 Å². The molecule has 4 rings (SSSR count). The lowest BCUT2D eigenvalue weighted by Gasteiger charge is -2.17. The molecule has 1 saturated heterocycles. The van der Waals surface area contributed by atoms with Crippen molar-refractivity contribution in [2.24, 2.45) is 0 Å². The molecule has 0 bridgehead atoms. The average molecular weight is 285 g/mol. The van der Waals surface area contributed by atoms with E-state index in [9.17, 15) is 0 Å². The van der Waals surface area contributed by atoms with Crippen LogP contribution in [0, 0.1) is 0 Å². The van der Waals surface area contributed by atoms with Crippen LogP contribution in [-0.4, -0.2) is 29.4 Å². The third-order valence-corrected chi connectivity index (χ3v) is 4.24. The lowest BCUT2D eigenvalue weighted by Crippen LogP contribution is -2.23. The Kier molecular flexibility index (Phi) is 3.45. The molecular weight excluding hydrogens is 266 g/mol. The van der Waals surface area contributed by atoms with Crippen LogP contribution in [0.15, 0.2) is 22.7 Å². The minimum absolute atomic E-state index is 0.253. The summed E-state index contributed by atoms with van der Waals surface area (Å²) in [6.45, 7) is 2.83. The van der Waals surface area contributed by atoms with E-state index < -0.39 is 0 Å². The number of nitrogens with zero attached hydrogens (tertiary/aromatic N) is 2. The second-order valence-corrected chi connectivity index (χ2v) is 5.77. The van der Waals surface area contributed by atoms with Gasteiger partial charge < -0.3 is 14.6 Å². The SMILES string of the molecule is c1cc2c(cc1-c1nc(CC3CCCO3)no1)CNCC2. The molecule has 0 saturated carbocycles. The van der Waals surface area contributed by atoms with Crippen molar-refractivity contribution in [3.8, 4) is 11.5 Å². The molecule has 2 aliphatic rings. The van der Waals surface area contributed by atoms with E-state index in [4.69, 9.17) is 9.26 Å². The lowest BCUT2D eigenvalue weighted by molar-refractivity contribution is 0.109. The minimum atomic E-state index is 0.253. The molecule has 2 aromatic rings. The van der Waals surface area contributed by atoms with Crippen LogP contribution in [0.5, 0.6) is 0 Å². The fraction of sp³-hybridized carbons (Fsp3) is 0.500. The van der Waals surface area contributed by atoms with E-state index in [0.29, 0.717) is 5.89 Å². The number of ether oxygens (including phenoxy) is 1. The quantitative estimate of drug-likeness (QED) is 0.936. The van der Waals surface area contributed by atoms with E-state index in [1.165, 1.54) is 11.1 Å². The number of aromatic nitrogens is 2. The van der Waals surface area contributed by atoms with E-state index in [1.807, 2.05) is 0 Å². The van der Waals surface area contributed by atoms with E-state index in [-0.39, 0.29) is 6.10 Å². The predicted molar refractivity (Wildman–Crippen MR) is 77.8 cm³/mol. The van der Waals surface area contributed by atoms with Gasteiger partial charge in [0.15, 0.2) is 5.82 Å². The number of hydrogen-bond donors (Lipinski definition) is 1. The van der Waals surface area contributed by atoms with Gasteiger partial charge in [-0.1, -0.05) is 11.2 Å². The molecule has 1 aromatic heterocycles. The van der Waals surface area contributed by atoms with Gasteiger partial charge in [-0.25, -0.2) is 0 Å². The zero-order valence-corrected chi connectivity index (χ0v) is 12.0. The van der Waals surface area contributed by atoms with Crippen LogP contribution < -0.4 is 5.32 Å². The summed E-state index contributed by atoms with van der Waals surface area (Å²) >= 11 is 0. The molecule has 2 aliphatic heterocycles. The molecule has 3 heterocycles. The Morgan fingerprint density at radius 1 is 1.29 bits per heavy atom. The highest BCUT2D eigenvalue weighted by Crippen LogP contribution is 2.24. The normalized spacial score (nSPS) is 21.4. The number of benzene rings is 1. The summed E-state index contributed by atoms with van der Waals surface area (Å²) in [7, 11) is 0. The molecule has 1 aromatic carbocycles. The van der Waals surface area contributed by atoms with Crippen LogP contribution in [0.1, 0.15) is 29.8 Å². The molecule has 5 heteroatoms. The van der Waals surface area contributed by atoms with Crippen molar-refractivity contribution in [1.82, 2.24) is 15.5 Å². The van der Waals surface area contributed by atoms with Gasteiger partial charge in [0.05, 0.1) is 6.10 Å². The maximum Gasteiger partial charge on any atom is 0.257 e. The van der Waals surface area contributed by atoms with E-state index in [0.717, 1.165) is 56.8 Å². The summed E-state index contributed by atoms with van der Waals surface area (Å²) in [5.74, 6) is 1.35. The maximum atomic E-state index is 5.62. The lowest BCUT2D eigenvalue weighted by atomic mass is 9.98. The van der Waals surface area contributed by atoms with Gasteiger partial charge in [-0.05, 0) is 49.1 Å². The summed E-state index contributed by atoms with van der Waals surface area (Å²) in [6.07, 6.45) is 4.31. The van der Waals surface area contributed by atoms with Crippen LogP contribution in [0.2, 0.25) is 0 Å². The van der Waals surface area contributed by atoms with Crippen molar-refractivity contribution >= 4 is 0 Å². The van der Waals surface area contributed by atoms with Crippen LogP contribution in [-0.2, 0) is 24.1 Å². The third-order valence-electron chi connectivity index (χ3n) is 4.24. The fourth-order valence-corrected chi connectivity index (χ4v) is 3.08. The Bertz CT molecular complexity index is 632. The summed E-state index contributed by atoms with van der Waals surface area (Å²) < 4.78 is 11.0. The average Bonchev–Trinajstić information content (AvgIpc) is 3.19. The molecule has 0 radical (unpaired) electrons. The van der Waals surface area contributed by atoms with Crippen LogP contribution in [0.25, 0.3) is 11.5 Å². The number of rotatable bonds is 3. The van der Waals surface area contributed by atoms with Crippen molar-refractivity contribution in [2.45, 2.75) is 38.3 Å². The molecule has 0 aliphatic carbocycles. The molecule has 1 fully saturated rings. The van der Waals surface area contributed by atoms with Crippen molar-refractivity contribution in [1.29, 1.82) is 0 Å². The second-order valence-electron chi connectivity index (χ2n) is 5.77. The topological polar surface area (TPSA) is 60.2 Å². The summed E-state index contributed by atoms with van der Waals surface area (Å²) in [5.41, 5.74) is 3.75. The molecule has 5 nitrogen and oxygen atoms in total. The van der Waals surface area contributed by atoms with Crippen molar-refractivity contribution in [3.63, 3.8) is 0 Å². The Hall–Kier alpha value is -1.72. The minimum Gasteiger partial charge on any atom is -0.378 e. The van der Waals surface area contributed by atoms with Crippen molar-refractivity contribution in [3.05, 3.63) is 35.2 Å². The first-order chi connectivity index (χ1) is 10.4. The maximum absolute atomic E-state index is 5.62. The highest BCUT2D eigenvalue weighted by molar-refractivity contribution is 5.56. The first kappa shape index (κ1) is 13.0. The third kappa shape index (κ3) is 2.71. The fourth-order valence-electron chi connectivity index (χ4n) is 3.08. The van der Waals surface area contributed by atoms with E-state index >= 15 is 0 Å². The highest BCUT2D eigenvalue weighted by atomic mass is 16.5. The largest absolute Gasteiger partial charge is 0.378 e. The van der Waals surface area contributed by atoms with Gasteiger partial charge in [0.2, 0.25) is 0 Å². The molecule has 21 heavy (non-hydrogen) atoms. The zero-order chi connectivity index (χ0) is 14.1. The summed E-state index contributed by atoms with van der Waals surface area (Å²) in [4.78, 5) is 4.51. The predicted octanol–water partition coefficient (Wildman–Crippen LogP) is 2.10. The second kappa shape index (κ2) is 5.58. The van der Waals surface area contributed by atoms with Gasteiger partial charge in [-0.15, -0.1) is 0 Å². The van der Waals surface area contributed by atoms with Gasteiger partial charge in [0, 0.05) is 25.1 Å². The summed E-state index contributed by atoms with van der Waals surface area (Å²) in [5, 5.41) is 7.48. The molecule has 0 spiro atoms. The Morgan fingerprint density at radius 2 is 2.29 bits per heavy atom. The number of nitrogens with one attached hydrogen (secondary N) is 1. The number of hydrogen-bond acceptors (Lipinski definition) is 5. The molecule has 1 atom stereocenters. The van der Waals surface area contributed by atoms with Crippen LogP contribution >= 0.6 is 0 Å². The van der Waals surface area contributed by atoms with Gasteiger partial charge in [0.25, 0.3) is 5.89 Å². The first-order valence-electron chi connectivity index (χ1n) is 7.65. The van der Waals surface area contributed by atoms with Crippen molar-refractivity contribution < 1.29 is 9.26 Å². The molecule has 1 unspecified atom stereocenters. The van der Waals surface area contributed by atoms with E-state index in [2.05, 4.69) is 33.7 Å². The standard InChI is InChI=1S/C16H19N3O2/c1-2-14(20-7-1)9-15-18-16(21-19-15)12-4-3-11-5-6-17-10-13(11)8-12/h3-4,8,14,17H,1-2,5-7,9-10H2. The van der Waals surface area contributed by atoms with Gasteiger partial charge in [0.1, 0.15) is 0 Å².